The molecule has 0 amide bonds. The first kappa shape index (κ1) is 25.6. The number of hydrogen-bond acceptors (Lipinski definition) is 5. The van der Waals surface area contributed by atoms with Crippen LogP contribution in [0.2, 0.25) is 0 Å². The zero-order valence-electron chi connectivity index (χ0n) is 20.7. The smallest absolute Gasteiger partial charge is 0.335 e. The molecule has 0 fully saturated rings. The number of hydrogen-bond donors (Lipinski definition) is 0. The number of aromatic nitrogens is 2. The van der Waals surface area contributed by atoms with Crippen molar-refractivity contribution in [2.75, 3.05) is 0 Å². The molecule has 0 bridgehead atoms. The second kappa shape index (κ2) is 10.5. The zero-order valence-corrected chi connectivity index (χ0v) is 21.5. The Morgan fingerprint density at radius 1 is 1.12 bits per heavy atom. The summed E-state index contributed by atoms with van der Waals surface area (Å²) >= 11 is -0.750. The van der Waals surface area contributed by atoms with E-state index < -0.39 is 11.6 Å². The van der Waals surface area contributed by atoms with E-state index in [2.05, 4.69) is 38.9 Å². The van der Waals surface area contributed by atoms with E-state index >= 15 is 0 Å². The largest absolute Gasteiger partial charge is 0.438 e. The van der Waals surface area contributed by atoms with Crippen molar-refractivity contribution in [3.63, 3.8) is 0 Å². The van der Waals surface area contributed by atoms with Gasteiger partial charge in [-0.25, -0.2) is 4.68 Å². The van der Waals surface area contributed by atoms with Crippen molar-refractivity contribution < 1.29 is 17.9 Å². The third-order valence-electron chi connectivity index (χ3n) is 6.70. The molecule has 3 aromatic rings. The summed E-state index contributed by atoms with van der Waals surface area (Å²) in [4.78, 5) is 13.8. The lowest BCUT2D eigenvalue weighted by Crippen LogP contribution is -2.27. The van der Waals surface area contributed by atoms with Crippen LogP contribution < -0.4 is 4.74 Å². The molecule has 7 heteroatoms. The average Bonchev–Trinajstić information content (AvgIpc) is 3.19. The highest BCUT2D eigenvalue weighted by Gasteiger charge is 2.33. The Morgan fingerprint density at radius 2 is 1.79 bits per heavy atom. The summed E-state index contributed by atoms with van der Waals surface area (Å²) in [5, 5.41) is 4.45. The first-order chi connectivity index (χ1) is 16.2. The molecule has 1 aliphatic rings. The lowest BCUT2D eigenvalue weighted by Gasteiger charge is -2.36. The number of nitrogens with zero attached hydrogens (tertiary/aromatic N) is 2. The predicted molar refractivity (Wildman–Crippen MR) is 133 cm³/mol. The summed E-state index contributed by atoms with van der Waals surface area (Å²) in [7, 11) is 0. The number of carbonyl (C=O) groups excluding carboxylic acids is 1. The van der Waals surface area contributed by atoms with Gasteiger partial charge in [0, 0.05) is 12.1 Å². The molecule has 0 saturated heterocycles. The third kappa shape index (κ3) is 4.89. The van der Waals surface area contributed by atoms with Gasteiger partial charge in [0.05, 0.1) is 6.20 Å². The Balaban J connectivity index is 0.00000103. The first-order valence-electron chi connectivity index (χ1n) is 11.6. The van der Waals surface area contributed by atoms with E-state index in [-0.39, 0.29) is 11.2 Å². The van der Waals surface area contributed by atoms with Crippen LogP contribution in [0.3, 0.4) is 0 Å². The maximum absolute atomic E-state index is 13.8. The van der Waals surface area contributed by atoms with Crippen LogP contribution in [-0.2, 0) is 30.0 Å². The molecule has 1 heterocycles. The van der Waals surface area contributed by atoms with Gasteiger partial charge >= 0.3 is 11.6 Å². The summed E-state index contributed by atoms with van der Waals surface area (Å²) < 4.78 is 24.6. The molecule has 1 aromatic heterocycles. The highest BCUT2D eigenvalue weighted by atomic mass is 32.1. The summed E-state index contributed by atoms with van der Waals surface area (Å²) in [6.07, 6.45) is 5.09. The van der Waals surface area contributed by atoms with Crippen molar-refractivity contribution >= 4 is 17.4 Å². The molecule has 0 radical (unpaired) electrons. The standard InChI is InChI=1S/C27H32N2O2.O2S/c1-7-29-26(31-23-13-9-8-11-17(23)2)22(16-28-29)25(30)21-15-18(3)20-12-10-14-27(5,6)24(20)19(21)4;1-3-2/h8-9,11,13,15-16H,7,10,12,14H2,1-6H3;. The maximum Gasteiger partial charge on any atom is 0.335 e. The normalized spacial score (nSPS) is 13.9. The average molecular weight is 481 g/mol. The highest BCUT2D eigenvalue weighted by Crippen LogP contribution is 2.42. The van der Waals surface area contributed by atoms with Crippen LogP contribution in [0.25, 0.3) is 0 Å². The van der Waals surface area contributed by atoms with Crippen molar-refractivity contribution in [1.29, 1.82) is 0 Å². The second-order valence-electron chi connectivity index (χ2n) is 9.40. The van der Waals surface area contributed by atoms with Gasteiger partial charge in [0.25, 0.3) is 0 Å². The fraction of sp³-hybridized carbons (Fsp3) is 0.407. The van der Waals surface area contributed by atoms with Gasteiger partial charge in [-0.15, -0.1) is 0 Å². The Morgan fingerprint density at radius 3 is 2.44 bits per heavy atom. The molecule has 0 atom stereocenters. The Kier molecular flexibility index (Phi) is 7.87. The van der Waals surface area contributed by atoms with E-state index in [1.54, 1.807) is 10.9 Å². The summed E-state index contributed by atoms with van der Waals surface area (Å²) in [6.45, 7) is 13.5. The van der Waals surface area contributed by atoms with Crippen LogP contribution >= 0.6 is 0 Å². The van der Waals surface area contributed by atoms with Gasteiger partial charge in [0.15, 0.2) is 5.78 Å². The van der Waals surface area contributed by atoms with Crippen LogP contribution in [0.5, 0.6) is 11.6 Å². The summed E-state index contributed by atoms with van der Waals surface area (Å²) in [5.41, 5.74) is 7.46. The Labute approximate surface area is 204 Å². The van der Waals surface area contributed by atoms with E-state index in [1.165, 1.54) is 23.1 Å². The number of para-hydroxylation sites is 1. The quantitative estimate of drug-likeness (QED) is 0.432. The van der Waals surface area contributed by atoms with Gasteiger partial charge in [-0.3, -0.25) is 4.79 Å². The van der Waals surface area contributed by atoms with Gasteiger partial charge in [0.2, 0.25) is 5.88 Å². The number of aryl methyl sites for hydroxylation is 3. The number of benzene rings is 2. The number of carbonyl (C=O) groups is 1. The first-order valence-corrected chi connectivity index (χ1v) is 12.2. The molecular formula is C27H32N2O4S. The van der Waals surface area contributed by atoms with Crippen LogP contribution in [-0.4, -0.2) is 24.0 Å². The van der Waals surface area contributed by atoms with E-state index in [0.29, 0.717) is 18.0 Å². The topological polar surface area (TPSA) is 78.3 Å². The van der Waals surface area contributed by atoms with Gasteiger partial charge in [0.1, 0.15) is 11.3 Å². The molecule has 0 unspecified atom stereocenters. The maximum atomic E-state index is 13.8. The van der Waals surface area contributed by atoms with Crippen LogP contribution in [0.1, 0.15) is 77.4 Å². The van der Waals surface area contributed by atoms with Crippen molar-refractivity contribution in [3.8, 4) is 11.6 Å². The number of rotatable bonds is 5. The molecule has 34 heavy (non-hydrogen) atoms. The van der Waals surface area contributed by atoms with Gasteiger partial charge in [-0.05, 0) is 92.3 Å². The van der Waals surface area contributed by atoms with E-state index in [0.717, 1.165) is 35.3 Å². The van der Waals surface area contributed by atoms with Crippen LogP contribution in [0.15, 0.2) is 36.5 Å². The highest BCUT2D eigenvalue weighted by molar-refractivity contribution is 7.51. The number of ether oxygens (including phenoxy) is 1. The summed E-state index contributed by atoms with van der Waals surface area (Å²) in [6, 6.07) is 9.91. The third-order valence-corrected chi connectivity index (χ3v) is 6.70. The van der Waals surface area contributed by atoms with Gasteiger partial charge in [-0.2, -0.15) is 13.5 Å². The Hall–Kier alpha value is -3.06. The van der Waals surface area contributed by atoms with Gasteiger partial charge < -0.3 is 4.74 Å². The minimum atomic E-state index is -0.750. The molecule has 4 rings (SSSR count). The lowest BCUT2D eigenvalue weighted by molar-refractivity contribution is 0.103. The molecular weight excluding hydrogens is 448 g/mol. The minimum absolute atomic E-state index is 0.0203. The fourth-order valence-corrected chi connectivity index (χ4v) is 5.06. The summed E-state index contributed by atoms with van der Waals surface area (Å²) in [5.74, 6) is 1.23. The molecule has 0 spiro atoms. The lowest BCUT2D eigenvalue weighted by atomic mass is 9.68. The molecule has 0 aliphatic heterocycles. The molecule has 2 aromatic carbocycles. The van der Waals surface area contributed by atoms with E-state index in [9.17, 15) is 4.79 Å². The van der Waals surface area contributed by atoms with Crippen molar-refractivity contribution in [2.45, 2.75) is 72.8 Å². The van der Waals surface area contributed by atoms with Crippen molar-refractivity contribution in [2.24, 2.45) is 0 Å². The second-order valence-corrected chi connectivity index (χ2v) is 9.54. The molecule has 1 aliphatic carbocycles. The fourth-order valence-electron chi connectivity index (χ4n) is 5.06. The monoisotopic (exact) mass is 480 g/mol. The van der Waals surface area contributed by atoms with Gasteiger partial charge in [-0.1, -0.05) is 32.0 Å². The van der Waals surface area contributed by atoms with Crippen LogP contribution in [0, 0.1) is 20.8 Å². The molecule has 0 saturated carbocycles. The van der Waals surface area contributed by atoms with E-state index in [1.807, 2.05) is 38.1 Å². The molecule has 180 valence electrons. The van der Waals surface area contributed by atoms with Crippen molar-refractivity contribution in [3.05, 3.63) is 75.5 Å². The predicted octanol–water partition coefficient (Wildman–Crippen LogP) is 5.80. The zero-order chi connectivity index (χ0) is 25.0. The Bertz CT molecular complexity index is 1250. The van der Waals surface area contributed by atoms with E-state index in [4.69, 9.17) is 13.2 Å². The molecule has 0 N–H and O–H groups in total. The van der Waals surface area contributed by atoms with Crippen LogP contribution in [0.4, 0.5) is 0 Å². The molecule has 6 nitrogen and oxygen atoms in total. The minimum Gasteiger partial charge on any atom is -0.438 e. The number of ketones is 1. The number of fused-ring (bicyclic) bond motifs is 1. The van der Waals surface area contributed by atoms with Crippen molar-refractivity contribution in [1.82, 2.24) is 9.78 Å². The SMILES string of the molecule is CCn1ncc(C(=O)c2cc(C)c3c(c2C)C(C)(C)CCC3)c1Oc1ccccc1C.O=S=O.